The van der Waals surface area contributed by atoms with Gasteiger partial charge < -0.3 is 29.7 Å². The Morgan fingerprint density at radius 3 is 1.76 bits per heavy atom. The summed E-state index contributed by atoms with van der Waals surface area (Å²) in [5, 5.41) is 26.7. The number of hydrogen-bond acceptors (Lipinski definition) is 6. The Labute approximate surface area is 217 Å². The maximum atomic E-state index is 11.9. The molecular weight excluding hydrogens is 474 g/mol. The maximum Gasteiger partial charge on any atom is 0.414 e. The van der Waals surface area contributed by atoms with Crippen molar-refractivity contribution in [1.82, 2.24) is 4.90 Å². The van der Waals surface area contributed by atoms with Gasteiger partial charge in [0.1, 0.15) is 5.60 Å². The summed E-state index contributed by atoms with van der Waals surface area (Å²) in [6.45, 7) is 3.75. The van der Waals surface area contributed by atoms with Crippen LogP contribution >= 0.6 is 0 Å². The lowest BCUT2D eigenvalue weighted by Crippen LogP contribution is -2.41. The second-order valence-electron chi connectivity index (χ2n) is 8.71. The predicted octanol–water partition coefficient (Wildman–Crippen LogP) is 3.91. The van der Waals surface area contributed by atoms with Crippen molar-refractivity contribution < 1.29 is 34.4 Å². The maximum absolute atomic E-state index is 11.9. The average Bonchev–Trinajstić information content (AvgIpc) is 2.92. The van der Waals surface area contributed by atoms with Gasteiger partial charge >= 0.3 is 11.9 Å². The molecule has 3 aromatic rings. The molecule has 1 atom stereocenters. The number of hydrogen-bond donors (Lipinski definition) is 3. The fourth-order valence-electron chi connectivity index (χ4n) is 4.17. The molecule has 0 saturated carbocycles. The van der Waals surface area contributed by atoms with Gasteiger partial charge in [-0.1, -0.05) is 73.7 Å². The number of carbonyl (C=O) groups is 2. The van der Waals surface area contributed by atoms with Gasteiger partial charge in [0.05, 0.1) is 14.2 Å². The lowest BCUT2D eigenvalue weighted by Gasteiger charge is -2.37. The summed E-state index contributed by atoms with van der Waals surface area (Å²) in [6.07, 6.45) is 0.888. The van der Waals surface area contributed by atoms with E-state index in [0.717, 1.165) is 42.1 Å². The number of rotatable bonds is 10. The van der Waals surface area contributed by atoms with E-state index in [4.69, 9.17) is 29.3 Å². The Balaban J connectivity index is 0.000000717. The Hall–Kier alpha value is -3.88. The van der Waals surface area contributed by atoms with Crippen LogP contribution in [0.15, 0.2) is 78.9 Å². The molecule has 3 rings (SSSR count). The van der Waals surface area contributed by atoms with Crippen LogP contribution in [0.25, 0.3) is 0 Å². The number of carboxylic acids is 2. The van der Waals surface area contributed by atoms with Crippen LogP contribution < -0.4 is 9.47 Å². The molecule has 0 saturated heterocycles. The molecule has 0 heterocycles. The largest absolute Gasteiger partial charge is 0.493 e. The molecule has 37 heavy (non-hydrogen) atoms. The van der Waals surface area contributed by atoms with Crippen LogP contribution in [0.2, 0.25) is 0 Å². The molecule has 3 N–H and O–H groups in total. The molecule has 198 valence electrons. The first-order valence-corrected chi connectivity index (χ1v) is 11.8. The van der Waals surface area contributed by atoms with E-state index in [0.29, 0.717) is 0 Å². The van der Waals surface area contributed by atoms with Crippen LogP contribution in [0, 0.1) is 5.92 Å². The van der Waals surface area contributed by atoms with Gasteiger partial charge in [0.2, 0.25) is 0 Å². The minimum atomic E-state index is -1.82. The summed E-state index contributed by atoms with van der Waals surface area (Å²) in [4.78, 5) is 20.5. The Morgan fingerprint density at radius 1 is 0.838 bits per heavy atom. The van der Waals surface area contributed by atoms with Crippen molar-refractivity contribution in [3.8, 4) is 11.5 Å². The fourth-order valence-corrected chi connectivity index (χ4v) is 4.17. The van der Waals surface area contributed by atoms with Crippen molar-refractivity contribution in [3.05, 3.63) is 95.6 Å². The Kier molecular flexibility index (Phi) is 11.1. The van der Waals surface area contributed by atoms with Gasteiger partial charge in [-0.05, 0) is 42.3 Å². The number of methoxy groups -OCH3 is 2. The minimum absolute atomic E-state index is 0.00676. The highest BCUT2D eigenvalue weighted by molar-refractivity contribution is 6.27. The zero-order valence-corrected chi connectivity index (χ0v) is 21.6. The SMILES string of the molecule is COc1ccc(CCN(C)CC(C)C(O)(c2ccccc2)c2ccccc2)cc1OC.O=C(O)C(=O)O. The first-order valence-electron chi connectivity index (χ1n) is 11.8. The molecule has 0 spiro atoms. The second kappa shape index (κ2) is 14.0. The Bertz CT molecular complexity index is 1080. The lowest BCUT2D eigenvalue weighted by molar-refractivity contribution is -0.159. The fraction of sp³-hybridized carbons (Fsp3) is 0.310. The van der Waals surface area contributed by atoms with Crippen LogP contribution in [-0.4, -0.2) is 66.5 Å². The van der Waals surface area contributed by atoms with Crippen molar-refractivity contribution in [2.24, 2.45) is 5.92 Å². The average molecular weight is 510 g/mol. The number of carboxylic acid groups (broad SMARTS) is 2. The van der Waals surface area contributed by atoms with E-state index >= 15 is 0 Å². The quantitative estimate of drug-likeness (QED) is 0.352. The Morgan fingerprint density at radius 2 is 1.32 bits per heavy atom. The lowest BCUT2D eigenvalue weighted by atomic mass is 9.76. The third kappa shape index (κ3) is 8.06. The van der Waals surface area contributed by atoms with Gasteiger partial charge in [0.15, 0.2) is 11.5 Å². The highest BCUT2D eigenvalue weighted by atomic mass is 16.5. The van der Waals surface area contributed by atoms with E-state index in [-0.39, 0.29) is 5.92 Å². The van der Waals surface area contributed by atoms with E-state index < -0.39 is 17.5 Å². The standard InChI is InChI=1S/C27H33NO3.C2H2O4/c1-21(20-28(2)18-17-22-15-16-25(30-3)26(19-22)31-4)27(29,23-11-7-5-8-12-23)24-13-9-6-10-14-24;3-1(4)2(5)6/h5-16,19,21,29H,17-18,20H2,1-4H3;(H,3,4)(H,5,6). The molecule has 3 aromatic carbocycles. The number of likely N-dealkylation sites (N-methyl/N-ethyl adjacent to an activating group) is 1. The minimum Gasteiger partial charge on any atom is -0.493 e. The number of aliphatic carboxylic acids is 2. The summed E-state index contributed by atoms with van der Waals surface area (Å²) in [5.74, 6) is -2.17. The molecule has 1 unspecified atom stereocenters. The molecule has 0 aliphatic carbocycles. The molecule has 8 heteroatoms. The molecule has 0 bridgehead atoms. The van der Waals surface area contributed by atoms with Crippen molar-refractivity contribution >= 4 is 11.9 Å². The highest BCUT2D eigenvalue weighted by Crippen LogP contribution is 2.37. The summed E-state index contributed by atoms with van der Waals surface area (Å²) in [5.41, 5.74) is 1.97. The van der Waals surface area contributed by atoms with E-state index in [1.807, 2.05) is 72.8 Å². The smallest absolute Gasteiger partial charge is 0.414 e. The normalized spacial score (nSPS) is 11.7. The van der Waals surface area contributed by atoms with Gasteiger partial charge in [-0.15, -0.1) is 0 Å². The summed E-state index contributed by atoms with van der Waals surface area (Å²) < 4.78 is 10.7. The molecule has 0 amide bonds. The number of nitrogens with zero attached hydrogens (tertiary/aromatic N) is 1. The van der Waals surface area contributed by atoms with E-state index in [2.05, 4.69) is 24.9 Å². The zero-order valence-electron chi connectivity index (χ0n) is 21.6. The first kappa shape index (κ1) is 29.4. The van der Waals surface area contributed by atoms with Gasteiger partial charge in [-0.3, -0.25) is 0 Å². The zero-order chi connectivity index (χ0) is 27.4. The first-order chi connectivity index (χ1) is 17.6. The second-order valence-corrected chi connectivity index (χ2v) is 8.71. The van der Waals surface area contributed by atoms with Crippen LogP contribution in [-0.2, 0) is 21.6 Å². The van der Waals surface area contributed by atoms with Crippen LogP contribution in [0.1, 0.15) is 23.6 Å². The molecule has 0 radical (unpaired) electrons. The number of benzene rings is 3. The molecule has 0 fully saturated rings. The van der Waals surface area contributed by atoms with Crippen molar-refractivity contribution in [2.75, 3.05) is 34.4 Å². The summed E-state index contributed by atoms with van der Waals surface area (Å²) in [6, 6.07) is 26.0. The summed E-state index contributed by atoms with van der Waals surface area (Å²) >= 11 is 0. The molecule has 0 aliphatic heterocycles. The molecule has 0 aromatic heterocycles. The van der Waals surface area contributed by atoms with Gasteiger partial charge in [-0.25, -0.2) is 9.59 Å². The van der Waals surface area contributed by atoms with Crippen molar-refractivity contribution in [3.63, 3.8) is 0 Å². The van der Waals surface area contributed by atoms with Gasteiger partial charge in [0.25, 0.3) is 0 Å². The predicted molar refractivity (Wildman–Crippen MR) is 141 cm³/mol. The number of ether oxygens (including phenoxy) is 2. The van der Waals surface area contributed by atoms with Crippen LogP contribution in [0.4, 0.5) is 0 Å². The molecular formula is C29H35NO7. The van der Waals surface area contributed by atoms with Crippen LogP contribution in [0.5, 0.6) is 11.5 Å². The number of aliphatic hydroxyl groups is 1. The van der Waals surface area contributed by atoms with Crippen molar-refractivity contribution in [1.29, 1.82) is 0 Å². The van der Waals surface area contributed by atoms with E-state index in [1.54, 1.807) is 14.2 Å². The molecule has 0 aliphatic rings. The van der Waals surface area contributed by atoms with Gasteiger partial charge in [0, 0.05) is 19.0 Å². The summed E-state index contributed by atoms with van der Waals surface area (Å²) in [7, 11) is 5.41. The highest BCUT2D eigenvalue weighted by Gasteiger charge is 2.37. The third-order valence-electron chi connectivity index (χ3n) is 6.14. The van der Waals surface area contributed by atoms with E-state index in [1.165, 1.54) is 5.56 Å². The molecule has 8 nitrogen and oxygen atoms in total. The van der Waals surface area contributed by atoms with Crippen LogP contribution in [0.3, 0.4) is 0 Å². The third-order valence-corrected chi connectivity index (χ3v) is 6.14. The van der Waals surface area contributed by atoms with Gasteiger partial charge in [-0.2, -0.15) is 0 Å². The topological polar surface area (TPSA) is 117 Å². The van der Waals surface area contributed by atoms with E-state index in [9.17, 15) is 5.11 Å². The van der Waals surface area contributed by atoms with Crippen molar-refractivity contribution in [2.45, 2.75) is 18.9 Å². The monoisotopic (exact) mass is 509 g/mol.